The van der Waals surface area contributed by atoms with Gasteiger partial charge in [-0.3, -0.25) is 9.78 Å². The van der Waals surface area contributed by atoms with Crippen LogP contribution >= 0.6 is 0 Å². The lowest BCUT2D eigenvalue weighted by atomic mass is 9.89. The number of aromatic carboxylic acids is 1. The van der Waals surface area contributed by atoms with Gasteiger partial charge >= 0.3 is 5.97 Å². The minimum Gasteiger partial charge on any atom is -0.478 e. The zero-order valence-corrected chi connectivity index (χ0v) is 16.8. The van der Waals surface area contributed by atoms with Crippen molar-refractivity contribution >= 4 is 11.9 Å². The summed E-state index contributed by atoms with van der Waals surface area (Å²) in [6.45, 7) is 9.05. The van der Waals surface area contributed by atoms with Crippen molar-refractivity contribution in [2.24, 2.45) is 5.41 Å². The Kier molecular flexibility index (Phi) is 5.45. The predicted molar refractivity (Wildman–Crippen MR) is 105 cm³/mol. The number of rotatable bonds is 3. The van der Waals surface area contributed by atoms with Crippen LogP contribution in [0.3, 0.4) is 0 Å². The molecule has 0 aromatic carbocycles. The molecule has 1 fully saturated rings. The average Bonchev–Trinajstić information content (AvgIpc) is 2.66. The Hall–Kier alpha value is -2.83. The van der Waals surface area contributed by atoms with Gasteiger partial charge in [0.25, 0.3) is 0 Å². The van der Waals surface area contributed by atoms with Gasteiger partial charge in [0.05, 0.1) is 11.3 Å². The molecule has 7 nitrogen and oxygen atoms in total. The number of hydrogen-bond donors (Lipinski definition) is 1. The van der Waals surface area contributed by atoms with Gasteiger partial charge in [0.2, 0.25) is 5.91 Å². The van der Waals surface area contributed by atoms with E-state index in [9.17, 15) is 14.7 Å². The molecular weight excluding hydrogens is 356 g/mol. The molecule has 1 aliphatic heterocycles. The number of hydrogen-bond acceptors (Lipinski definition) is 5. The summed E-state index contributed by atoms with van der Waals surface area (Å²) in [7, 11) is 0. The fourth-order valence-electron chi connectivity index (χ4n) is 3.52. The maximum Gasteiger partial charge on any atom is 0.337 e. The molecule has 1 N–H and O–H groups in total. The second kappa shape index (κ2) is 7.66. The molecule has 1 amide bonds. The summed E-state index contributed by atoms with van der Waals surface area (Å²) in [5.41, 5.74) is 1.89. The highest BCUT2D eigenvalue weighted by Crippen LogP contribution is 2.30. The minimum atomic E-state index is -1.02. The number of aryl methyl sites for hydroxylation is 1. The third kappa shape index (κ3) is 4.35. The first-order valence-electron chi connectivity index (χ1n) is 9.49. The number of carbonyl (C=O) groups excluding carboxylic acids is 1. The molecule has 28 heavy (non-hydrogen) atoms. The molecule has 2 aromatic heterocycles. The zero-order valence-electron chi connectivity index (χ0n) is 16.8. The summed E-state index contributed by atoms with van der Waals surface area (Å²) < 4.78 is 0. The van der Waals surface area contributed by atoms with Crippen LogP contribution in [0.25, 0.3) is 11.3 Å². The fourth-order valence-corrected chi connectivity index (χ4v) is 3.52. The van der Waals surface area contributed by atoms with Gasteiger partial charge in [0.15, 0.2) is 0 Å². The van der Waals surface area contributed by atoms with Gasteiger partial charge in [-0.2, -0.15) is 0 Å². The van der Waals surface area contributed by atoms with E-state index in [1.807, 2.05) is 38.7 Å². The van der Waals surface area contributed by atoms with Crippen LogP contribution in [0.2, 0.25) is 0 Å². The van der Waals surface area contributed by atoms with E-state index in [0.29, 0.717) is 23.6 Å². The first-order chi connectivity index (χ1) is 13.1. The molecule has 0 bridgehead atoms. The normalized spacial score (nSPS) is 17.4. The largest absolute Gasteiger partial charge is 0.478 e. The van der Waals surface area contributed by atoms with Crippen molar-refractivity contribution in [3.63, 3.8) is 0 Å². The number of carboxylic acid groups (broad SMARTS) is 1. The molecule has 1 saturated heterocycles. The number of aromatic nitrogens is 3. The summed E-state index contributed by atoms with van der Waals surface area (Å²) >= 11 is 0. The Morgan fingerprint density at radius 2 is 1.93 bits per heavy atom. The molecule has 1 aliphatic rings. The lowest BCUT2D eigenvalue weighted by Gasteiger charge is -2.36. The van der Waals surface area contributed by atoms with Crippen molar-refractivity contribution < 1.29 is 14.7 Å². The van der Waals surface area contributed by atoms with Crippen molar-refractivity contribution in [3.8, 4) is 11.3 Å². The van der Waals surface area contributed by atoms with Crippen molar-refractivity contribution in [3.05, 3.63) is 41.6 Å². The van der Waals surface area contributed by atoms with Gasteiger partial charge in [-0.1, -0.05) is 20.8 Å². The van der Waals surface area contributed by atoms with Crippen LogP contribution in [0.4, 0.5) is 0 Å². The summed E-state index contributed by atoms with van der Waals surface area (Å²) in [4.78, 5) is 38.9. The summed E-state index contributed by atoms with van der Waals surface area (Å²) in [6.07, 6.45) is 4.81. The van der Waals surface area contributed by atoms with Gasteiger partial charge in [-0.05, 0) is 31.9 Å². The Morgan fingerprint density at radius 1 is 1.18 bits per heavy atom. The highest BCUT2D eigenvalue weighted by molar-refractivity contribution is 5.88. The van der Waals surface area contributed by atoms with E-state index in [2.05, 4.69) is 15.0 Å². The van der Waals surface area contributed by atoms with Crippen LogP contribution in [0.1, 0.15) is 61.4 Å². The quantitative estimate of drug-likeness (QED) is 0.875. The topological polar surface area (TPSA) is 96.3 Å². The number of carboxylic acids is 1. The summed E-state index contributed by atoms with van der Waals surface area (Å²) in [5.74, 6) is -0.117. The fraction of sp³-hybridized carbons (Fsp3) is 0.476. The Labute approximate surface area is 164 Å². The number of carbonyl (C=O) groups is 2. The van der Waals surface area contributed by atoms with Gasteiger partial charge in [-0.25, -0.2) is 14.8 Å². The van der Waals surface area contributed by atoms with Gasteiger partial charge in [-0.15, -0.1) is 0 Å². The minimum absolute atomic E-state index is 0.120. The molecule has 7 heteroatoms. The molecule has 148 valence electrons. The first kappa shape index (κ1) is 19.9. The highest BCUT2D eigenvalue weighted by Gasteiger charge is 2.32. The van der Waals surface area contributed by atoms with E-state index in [1.165, 1.54) is 6.20 Å². The third-order valence-electron chi connectivity index (χ3n) is 4.91. The van der Waals surface area contributed by atoms with Crippen LogP contribution < -0.4 is 0 Å². The lowest BCUT2D eigenvalue weighted by Crippen LogP contribution is -2.44. The van der Waals surface area contributed by atoms with E-state index in [1.54, 1.807) is 12.3 Å². The summed E-state index contributed by atoms with van der Waals surface area (Å²) in [6, 6.07) is 3.46. The second-order valence-corrected chi connectivity index (χ2v) is 8.33. The molecular formula is C21H26N4O3. The average molecular weight is 382 g/mol. The van der Waals surface area contributed by atoms with E-state index in [4.69, 9.17) is 0 Å². The second-order valence-electron chi connectivity index (χ2n) is 8.33. The van der Waals surface area contributed by atoms with Crippen molar-refractivity contribution in [1.82, 2.24) is 19.9 Å². The van der Waals surface area contributed by atoms with Gasteiger partial charge < -0.3 is 10.0 Å². The van der Waals surface area contributed by atoms with Crippen molar-refractivity contribution in [2.75, 3.05) is 13.1 Å². The molecule has 0 unspecified atom stereocenters. The van der Waals surface area contributed by atoms with Crippen LogP contribution in [0.15, 0.2) is 24.5 Å². The molecule has 1 atom stereocenters. The lowest BCUT2D eigenvalue weighted by molar-refractivity contribution is -0.140. The van der Waals surface area contributed by atoms with Crippen LogP contribution in [0, 0.1) is 12.3 Å². The number of piperidine rings is 1. The SMILES string of the molecule is Cc1nc(-c2cncc(C(=O)O)c2)cc([C@@H]2CCCN(C(=O)C(C)(C)C)C2)n1. The smallest absolute Gasteiger partial charge is 0.337 e. The molecule has 0 saturated carbocycles. The maximum atomic E-state index is 12.7. The Bertz CT molecular complexity index is 905. The first-order valence-corrected chi connectivity index (χ1v) is 9.49. The number of amides is 1. The van der Waals surface area contributed by atoms with Crippen LogP contribution in [-0.2, 0) is 4.79 Å². The molecule has 2 aromatic rings. The molecule has 3 heterocycles. The maximum absolute atomic E-state index is 12.7. The highest BCUT2D eigenvalue weighted by atomic mass is 16.4. The number of pyridine rings is 1. The van der Waals surface area contributed by atoms with Crippen LogP contribution in [-0.4, -0.2) is 49.9 Å². The Balaban J connectivity index is 1.90. The monoisotopic (exact) mass is 382 g/mol. The number of likely N-dealkylation sites (tertiary alicyclic amines) is 1. The van der Waals surface area contributed by atoms with E-state index in [-0.39, 0.29) is 17.4 Å². The summed E-state index contributed by atoms with van der Waals surface area (Å²) in [5, 5.41) is 9.21. The van der Waals surface area contributed by atoms with E-state index in [0.717, 1.165) is 25.1 Å². The van der Waals surface area contributed by atoms with Gasteiger partial charge in [0.1, 0.15) is 5.82 Å². The van der Waals surface area contributed by atoms with E-state index < -0.39 is 11.4 Å². The Morgan fingerprint density at radius 3 is 2.61 bits per heavy atom. The van der Waals surface area contributed by atoms with Crippen molar-refractivity contribution in [1.29, 1.82) is 0 Å². The molecule has 0 spiro atoms. The molecule has 0 aliphatic carbocycles. The zero-order chi connectivity index (χ0) is 20.5. The molecule has 0 radical (unpaired) electrons. The standard InChI is InChI=1S/C21H26N4O3/c1-13-23-17(14-6-5-7-25(12-14)20(28)21(2,3)4)9-18(24-13)15-8-16(19(26)27)11-22-10-15/h8-11,14H,5-7,12H2,1-4H3,(H,26,27)/t14-/m1/s1. The molecule has 3 rings (SSSR count). The van der Waals surface area contributed by atoms with Gasteiger partial charge in [0, 0.05) is 48.1 Å². The van der Waals surface area contributed by atoms with Crippen LogP contribution in [0.5, 0.6) is 0 Å². The van der Waals surface area contributed by atoms with E-state index >= 15 is 0 Å². The third-order valence-corrected chi connectivity index (χ3v) is 4.91. The van der Waals surface area contributed by atoms with Crippen molar-refractivity contribution in [2.45, 2.75) is 46.5 Å². The predicted octanol–water partition coefficient (Wildman–Crippen LogP) is 3.30. The number of nitrogens with zero attached hydrogens (tertiary/aromatic N) is 4.